The van der Waals surface area contributed by atoms with E-state index in [9.17, 15) is 4.79 Å². The lowest BCUT2D eigenvalue weighted by Gasteiger charge is -2.36. The number of fused-ring (bicyclic) bond motifs is 1. The Bertz CT molecular complexity index is 671. The molecule has 3 heterocycles. The van der Waals surface area contributed by atoms with Gasteiger partial charge in [-0.2, -0.15) is 12.6 Å². The van der Waals surface area contributed by atoms with Gasteiger partial charge in [-0.15, -0.1) is 11.3 Å². The summed E-state index contributed by atoms with van der Waals surface area (Å²) in [6.45, 7) is 4.17. The molecular formula is C14H18N2O2S2. The van der Waals surface area contributed by atoms with Gasteiger partial charge in [0, 0.05) is 25.2 Å². The van der Waals surface area contributed by atoms with E-state index in [1.54, 1.807) is 10.9 Å². The van der Waals surface area contributed by atoms with Crippen LogP contribution in [0.1, 0.15) is 18.4 Å². The van der Waals surface area contributed by atoms with E-state index in [2.05, 4.69) is 17.6 Å². The molecule has 4 nitrogen and oxygen atoms in total. The zero-order chi connectivity index (χ0) is 14.2. The molecule has 1 aliphatic rings. The fourth-order valence-electron chi connectivity index (χ4n) is 2.71. The molecule has 1 fully saturated rings. The van der Waals surface area contributed by atoms with Crippen molar-refractivity contribution in [2.45, 2.75) is 26.3 Å². The summed E-state index contributed by atoms with van der Waals surface area (Å²) in [6.07, 6.45) is 3.58. The average Bonchev–Trinajstić information content (AvgIpc) is 2.85. The second-order valence-corrected chi connectivity index (χ2v) is 6.74. The second-order valence-electron chi connectivity index (χ2n) is 5.54. The molecule has 0 atom stereocenters. The van der Waals surface area contributed by atoms with E-state index >= 15 is 0 Å². The van der Waals surface area contributed by atoms with E-state index in [1.165, 1.54) is 11.3 Å². The fourth-order valence-corrected chi connectivity index (χ4v) is 4.07. The van der Waals surface area contributed by atoms with Crippen LogP contribution < -0.4 is 5.56 Å². The minimum absolute atomic E-state index is 0.0485. The Morgan fingerprint density at radius 2 is 2.25 bits per heavy atom. The highest BCUT2D eigenvalue weighted by Crippen LogP contribution is 2.33. The van der Waals surface area contributed by atoms with Gasteiger partial charge in [0.25, 0.3) is 5.56 Å². The van der Waals surface area contributed by atoms with Gasteiger partial charge < -0.3 is 4.74 Å². The third kappa shape index (κ3) is 2.40. The van der Waals surface area contributed by atoms with Crippen molar-refractivity contribution < 1.29 is 4.74 Å². The molecule has 0 unspecified atom stereocenters. The molecule has 1 aliphatic heterocycles. The topological polar surface area (TPSA) is 44.1 Å². The number of hydrogen-bond acceptors (Lipinski definition) is 5. The summed E-state index contributed by atoms with van der Waals surface area (Å²) < 4.78 is 7.94. The molecule has 0 saturated carbocycles. The van der Waals surface area contributed by atoms with Gasteiger partial charge in [-0.25, -0.2) is 4.98 Å². The van der Waals surface area contributed by atoms with Crippen LogP contribution in [0.2, 0.25) is 0 Å². The first-order chi connectivity index (χ1) is 9.65. The minimum Gasteiger partial charge on any atom is -0.381 e. The Balaban J connectivity index is 1.98. The lowest BCUT2D eigenvalue weighted by atomic mass is 9.82. The third-order valence-corrected chi connectivity index (χ3v) is 5.86. The van der Waals surface area contributed by atoms with E-state index in [-0.39, 0.29) is 11.0 Å². The molecule has 1 saturated heterocycles. The number of nitrogens with zero attached hydrogens (tertiary/aromatic N) is 2. The Kier molecular flexibility index (Phi) is 3.88. The molecule has 0 spiro atoms. The van der Waals surface area contributed by atoms with Crippen LogP contribution in [-0.4, -0.2) is 28.5 Å². The van der Waals surface area contributed by atoms with Crippen molar-refractivity contribution in [3.05, 3.63) is 27.6 Å². The normalized spacial score (nSPS) is 18.5. The van der Waals surface area contributed by atoms with Crippen molar-refractivity contribution in [1.82, 2.24) is 9.55 Å². The molecule has 2 aromatic heterocycles. The van der Waals surface area contributed by atoms with Crippen molar-refractivity contribution in [3.8, 4) is 0 Å². The molecule has 0 radical (unpaired) electrons. The van der Waals surface area contributed by atoms with Gasteiger partial charge >= 0.3 is 0 Å². The number of rotatable bonds is 3. The minimum atomic E-state index is 0.0485. The Labute approximate surface area is 127 Å². The van der Waals surface area contributed by atoms with Crippen LogP contribution in [0.4, 0.5) is 0 Å². The highest BCUT2D eigenvalue weighted by molar-refractivity contribution is 7.80. The van der Waals surface area contributed by atoms with Crippen LogP contribution in [0.25, 0.3) is 10.2 Å². The predicted molar refractivity (Wildman–Crippen MR) is 85.0 cm³/mol. The molecule has 0 amide bonds. The maximum atomic E-state index is 12.6. The van der Waals surface area contributed by atoms with Crippen LogP contribution in [-0.2, 0) is 11.3 Å². The maximum Gasteiger partial charge on any atom is 0.271 e. The zero-order valence-electron chi connectivity index (χ0n) is 11.5. The smallest absolute Gasteiger partial charge is 0.271 e. The third-order valence-electron chi connectivity index (χ3n) is 4.12. The van der Waals surface area contributed by atoms with Crippen LogP contribution in [0, 0.1) is 12.3 Å². The molecular weight excluding hydrogens is 292 g/mol. The standard InChI is InChI=1S/C14H18N2O2S2/c1-10-6-20-12-11(10)15-9-16(13(12)17)7-14(8-19)2-4-18-5-3-14/h6,9,19H,2-5,7-8H2,1H3. The van der Waals surface area contributed by atoms with Crippen molar-refractivity contribution in [3.63, 3.8) is 0 Å². The summed E-state index contributed by atoms with van der Waals surface area (Å²) in [6, 6.07) is 0. The van der Waals surface area contributed by atoms with Crippen LogP contribution in [0.15, 0.2) is 16.5 Å². The number of ether oxygens (including phenoxy) is 1. The SMILES string of the molecule is Cc1csc2c(=O)n(CC3(CS)CCOCC3)cnc12. The lowest BCUT2D eigenvalue weighted by molar-refractivity contribution is 0.0177. The largest absolute Gasteiger partial charge is 0.381 e. The summed E-state index contributed by atoms with van der Waals surface area (Å²) in [5.74, 6) is 0.768. The summed E-state index contributed by atoms with van der Waals surface area (Å²) in [5, 5.41) is 1.99. The highest BCUT2D eigenvalue weighted by atomic mass is 32.1. The highest BCUT2D eigenvalue weighted by Gasteiger charge is 2.32. The van der Waals surface area contributed by atoms with E-state index < -0.39 is 0 Å². The van der Waals surface area contributed by atoms with Crippen molar-refractivity contribution >= 4 is 34.2 Å². The molecule has 3 rings (SSSR count). The van der Waals surface area contributed by atoms with Gasteiger partial charge in [-0.05, 0) is 36.5 Å². The summed E-state index contributed by atoms with van der Waals surface area (Å²) in [5.41, 5.74) is 2.03. The number of thiophene rings is 1. The molecule has 6 heteroatoms. The molecule has 0 aliphatic carbocycles. The molecule has 0 bridgehead atoms. The van der Waals surface area contributed by atoms with Crippen molar-refractivity contribution in [1.29, 1.82) is 0 Å². The van der Waals surface area contributed by atoms with Crippen molar-refractivity contribution in [2.24, 2.45) is 5.41 Å². The molecule has 108 valence electrons. The van der Waals surface area contributed by atoms with Crippen molar-refractivity contribution in [2.75, 3.05) is 19.0 Å². The maximum absolute atomic E-state index is 12.6. The van der Waals surface area contributed by atoms with Crippen LogP contribution >= 0.6 is 24.0 Å². The number of aryl methyl sites for hydroxylation is 1. The van der Waals surface area contributed by atoms with Gasteiger partial charge in [0.05, 0.1) is 11.8 Å². The molecule has 20 heavy (non-hydrogen) atoms. The Morgan fingerprint density at radius 3 is 2.95 bits per heavy atom. The van der Waals surface area contributed by atoms with E-state index in [4.69, 9.17) is 4.74 Å². The first-order valence-corrected chi connectivity index (χ1v) is 8.28. The first kappa shape index (κ1) is 14.1. The van der Waals surface area contributed by atoms with Gasteiger partial charge in [-0.1, -0.05) is 0 Å². The average molecular weight is 310 g/mol. The monoisotopic (exact) mass is 310 g/mol. The van der Waals surface area contributed by atoms with E-state index in [0.717, 1.165) is 47.6 Å². The van der Waals surface area contributed by atoms with Gasteiger partial charge in [-0.3, -0.25) is 9.36 Å². The molecule has 2 aromatic rings. The van der Waals surface area contributed by atoms with Gasteiger partial charge in [0.2, 0.25) is 0 Å². The summed E-state index contributed by atoms with van der Waals surface area (Å²) in [4.78, 5) is 17.0. The van der Waals surface area contributed by atoms with Gasteiger partial charge in [0.15, 0.2) is 0 Å². The fraction of sp³-hybridized carbons (Fsp3) is 0.571. The Hall–Kier alpha value is -0.850. The van der Waals surface area contributed by atoms with Crippen LogP contribution in [0.3, 0.4) is 0 Å². The number of thiol groups is 1. The van der Waals surface area contributed by atoms with Crippen LogP contribution in [0.5, 0.6) is 0 Å². The summed E-state index contributed by atoms with van der Waals surface area (Å²) >= 11 is 5.99. The van der Waals surface area contributed by atoms with E-state index in [1.807, 2.05) is 12.3 Å². The summed E-state index contributed by atoms with van der Waals surface area (Å²) in [7, 11) is 0. The van der Waals surface area contributed by atoms with E-state index in [0.29, 0.717) is 6.54 Å². The lowest BCUT2D eigenvalue weighted by Crippen LogP contribution is -2.38. The quantitative estimate of drug-likeness (QED) is 0.886. The molecule has 0 aromatic carbocycles. The zero-order valence-corrected chi connectivity index (χ0v) is 13.2. The predicted octanol–water partition coefficient (Wildman–Crippen LogP) is 2.49. The second kappa shape index (κ2) is 5.50. The number of hydrogen-bond donors (Lipinski definition) is 1. The Morgan fingerprint density at radius 1 is 1.50 bits per heavy atom. The number of aromatic nitrogens is 2. The first-order valence-electron chi connectivity index (χ1n) is 6.77. The van der Waals surface area contributed by atoms with Gasteiger partial charge in [0.1, 0.15) is 4.70 Å². The molecule has 0 N–H and O–H groups in total.